The van der Waals surface area contributed by atoms with Gasteiger partial charge < -0.3 is 19.1 Å². The first-order valence-electron chi connectivity index (χ1n) is 13.6. The maximum atomic E-state index is 15.7. The van der Waals surface area contributed by atoms with Crippen molar-refractivity contribution < 1.29 is 13.9 Å². The van der Waals surface area contributed by atoms with Crippen LogP contribution in [0.3, 0.4) is 0 Å². The minimum absolute atomic E-state index is 0.110. The van der Waals surface area contributed by atoms with Crippen molar-refractivity contribution in [1.29, 1.82) is 0 Å². The zero-order valence-electron chi connectivity index (χ0n) is 22.6. The van der Waals surface area contributed by atoms with E-state index in [0.717, 1.165) is 24.3 Å². The van der Waals surface area contributed by atoms with Crippen LogP contribution >= 0.6 is 0 Å². The van der Waals surface area contributed by atoms with Gasteiger partial charge in [0.05, 0.1) is 36.7 Å². The molecule has 3 heterocycles. The number of para-hydroxylation sites is 1. The molecule has 1 aliphatic rings. The quantitative estimate of drug-likeness (QED) is 0.279. The van der Waals surface area contributed by atoms with E-state index in [-0.39, 0.29) is 17.6 Å². The van der Waals surface area contributed by atoms with Gasteiger partial charge in [-0.1, -0.05) is 30.3 Å². The van der Waals surface area contributed by atoms with Crippen LogP contribution in [0.5, 0.6) is 0 Å². The monoisotopic (exact) mass is 552 g/mol. The number of rotatable bonds is 7. The highest BCUT2D eigenvalue weighted by Crippen LogP contribution is 2.29. The molecule has 9 nitrogen and oxygen atoms in total. The predicted molar refractivity (Wildman–Crippen MR) is 155 cm³/mol. The molecule has 208 valence electrons. The molecule has 0 spiro atoms. The third kappa shape index (κ3) is 5.28. The van der Waals surface area contributed by atoms with Crippen LogP contribution < -0.4 is 15.2 Å². The Kier molecular flexibility index (Phi) is 7.20. The molecule has 1 saturated heterocycles. The normalized spacial score (nSPS) is 13.5. The molecule has 1 fully saturated rings. The van der Waals surface area contributed by atoms with Gasteiger partial charge in [0, 0.05) is 49.1 Å². The molecule has 2 aromatic heterocycles. The topological polar surface area (TPSA) is 85.5 Å². The van der Waals surface area contributed by atoms with E-state index in [2.05, 4.69) is 27.2 Å². The summed E-state index contributed by atoms with van der Waals surface area (Å²) >= 11 is 0. The maximum Gasteiger partial charge on any atom is 0.343 e. The second-order valence-electron chi connectivity index (χ2n) is 9.82. The molecule has 0 saturated carbocycles. The molecule has 0 unspecified atom stereocenters. The number of carbonyl (C=O) groups excluding carboxylic acids is 1. The molecule has 10 heteroatoms. The fourth-order valence-electron chi connectivity index (χ4n) is 5.28. The fourth-order valence-corrected chi connectivity index (χ4v) is 5.28. The zero-order chi connectivity index (χ0) is 28.3. The molecule has 0 atom stereocenters. The molecule has 1 aliphatic heterocycles. The summed E-state index contributed by atoms with van der Waals surface area (Å²) in [6.07, 6.45) is 4.71. The maximum absolute atomic E-state index is 15.7. The van der Waals surface area contributed by atoms with Gasteiger partial charge in [0.15, 0.2) is 0 Å². The Bertz CT molecular complexity index is 1750. The minimum Gasteiger partial charge on any atom is -0.462 e. The Morgan fingerprint density at radius 3 is 2.34 bits per heavy atom. The van der Waals surface area contributed by atoms with Gasteiger partial charge in [-0.3, -0.25) is 4.79 Å². The zero-order valence-corrected chi connectivity index (χ0v) is 22.6. The predicted octanol–water partition coefficient (Wildman–Crippen LogP) is 4.27. The summed E-state index contributed by atoms with van der Waals surface area (Å²) in [6.45, 7) is 4.94. The molecule has 0 amide bonds. The first-order chi connectivity index (χ1) is 20.0. The van der Waals surface area contributed by atoms with Gasteiger partial charge in [0.2, 0.25) is 5.43 Å². The number of benzene rings is 3. The van der Waals surface area contributed by atoms with E-state index in [4.69, 9.17) is 4.74 Å². The third-order valence-corrected chi connectivity index (χ3v) is 7.29. The first-order valence-corrected chi connectivity index (χ1v) is 13.6. The van der Waals surface area contributed by atoms with Gasteiger partial charge in [-0.25, -0.2) is 9.18 Å². The lowest BCUT2D eigenvalue weighted by atomic mass is 10.1. The number of hydrogen-bond donors (Lipinski definition) is 0. The molecular formula is C31H29FN6O3. The Morgan fingerprint density at radius 1 is 0.902 bits per heavy atom. The van der Waals surface area contributed by atoms with E-state index in [9.17, 15) is 9.59 Å². The molecule has 0 aliphatic carbocycles. The van der Waals surface area contributed by atoms with E-state index in [0.29, 0.717) is 36.5 Å². The van der Waals surface area contributed by atoms with Crippen molar-refractivity contribution in [3.63, 3.8) is 0 Å². The number of aromatic nitrogens is 4. The van der Waals surface area contributed by atoms with Gasteiger partial charge in [-0.05, 0) is 48.9 Å². The summed E-state index contributed by atoms with van der Waals surface area (Å²) in [5.74, 6) is -1.25. The van der Waals surface area contributed by atoms with Crippen molar-refractivity contribution in [3.8, 4) is 5.69 Å². The highest BCUT2D eigenvalue weighted by molar-refractivity contribution is 5.95. The van der Waals surface area contributed by atoms with Crippen LogP contribution in [0.4, 0.5) is 15.8 Å². The number of piperazine rings is 1. The number of halogens is 1. The number of anilines is 2. The van der Waals surface area contributed by atoms with Crippen molar-refractivity contribution in [3.05, 3.63) is 112 Å². The van der Waals surface area contributed by atoms with Gasteiger partial charge in [-0.15, -0.1) is 0 Å². The largest absolute Gasteiger partial charge is 0.462 e. The van der Waals surface area contributed by atoms with Crippen LogP contribution in [0.1, 0.15) is 22.8 Å². The van der Waals surface area contributed by atoms with Gasteiger partial charge in [-0.2, -0.15) is 15.0 Å². The van der Waals surface area contributed by atoms with Crippen molar-refractivity contribution >= 4 is 28.2 Å². The number of fused-ring (bicyclic) bond motifs is 1. The van der Waals surface area contributed by atoms with Crippen LogP contribution in [0.2, 0.25) is 0 Å². The van der Waals surface area contributed by atoms with Crippen molar-refractivity contribution in [2.24, 2.45) is 0 Å². The third-order valence-electron chi connectivity index (χ3n) is 7.29. The van der Waals surface area contributed by atoms with Crippen LogP contribution in [0.25, 0.3) is 16.6 Å². The Balaban J connectivity index is 1.42. The van der Waals surface area contributed by atoms with E-state index in [1.807, 2.05) is 47.4 Å². The molecular weight excluding hydrogens is 523 g/mol. The van der Waals surface area contributed by atoms with E-state index < -0.39 is 17.2 Å². The van der Waals surface area contributed by atoms with Crippen LogP contribution in [0.15, 0.2) is 90.1 Å². The van der Waals surface area contributed by atoms with Gasteiger partial charge in [0.1, 0.15) is 11.4 Å². The summed E-state index contributed by atoms with van der Waals surface area (Å²) in [6, 6.07) is 20.7. The van der Waals surface area contributed by atoms with Crippen molar-refractivity contribution in [2.45, 2.75) is 13.5 Å². The first kappa shape index (κ1) is 26.2. The summed E-state index contributed by atoms with van der Waals surface area (Å²) in [5.41, 5.74) is 2.96. The smallest absolute Gasteiger partial charge is 0.343 e. The minimum atomic E-state index is -0.744. The summed E-state index contributed by atoms with van der Waals surface area (Å²) in [4.78, 5) is 32.0. The molecule has 0 N–H and O–H groups in total. The highest BCUT2D eigenvalue weighted by Gasteiger charge is 2.24. The average molecular weight is 553 g/mol. The number of esters is 1. The van der Waals surface area contributed by atoms with E-state index >= 15 is 4.39 Å². The Labute approximate surface area is 236 Å². The molecule has 0 bridgehead atoms. The van der Waals surface area contributed by atoms with E-state index in [1.54, 1.807) is 34.7 Å². The Morgan fingerprint density at radius 2 is 1.61 bits per heavy atom. The molecule has 6 rings (SSSR count). The van der Waals surface area contributed by atoms with Crippen molar-refractivity contribution in [1.82, 2.24) is 19.6 Å². The summed E-state index contributed by atoms with van der Waals surface area (Å²) < 4.78 is 22.6. The lowest BCUT2D eigenvalue weighted by molar-refractivity contribution is 0.0524. The van der Waals surface area contributed by atoms with Crippen LogP contribution in [-0.4, -0.2) is 58.3 Å². The Hall–Kier alpha value is -4.99. The molecule has 3 aromatic carbocycles. The number of ether oxygens (including phenoxy) is 1. The highest BCUT2D eigenvalue weighted by atomic mass is 19.1. The van der Waals surface area contributed by atoms with Crippen LogP contribution in [0, 0.1) is 5.82 Å². The molecule has 5 aromatic rings. The lowest BCUT2D eigenvalue weighted by Gasteiger charge is -2.37. The average Bonchev–Trinajstić information content (AvgIpc) is 3.51. The number of carbonyl (C=O) groups is 1. The fraction of sp³-hybridized carbons (Fsp3) is 0.226. The SMILES string of the molecule is CCOC(=O)c1cn(-c2cccc(Cn3nccn3)c2)c2cc(N3CCN(c4ccccc4)CC3)c(F)cc2c1=O. The van der Waals surface area contributed by atoms with Crippen molar-refractivity contribution in [2.75, 3.05) is 42.6 Å². The number of pyridine rings is 1. The second-order valence-corrected chi connectivity index (χ2v) is 9.82. The van der Waals surface area contributed by atoms with Crippen LogP contribution in [-0.2, 0) is 11.3 Å². The summed E-state index contributed by atoms with van der Waals surface area (Å²) in [7, 11) is 0. The summed E-state index contributed by atoms with van der Waals surface area (Å²) in [5, 5.41) is 8.46. The standard InChI is InChI=1S/C31H29FN6O3/c1-2-41-31(40)26-21-37(24-10-6-7-22(17-24)20-38-33-11-12-34-38)28-19-29(27(32)18-25(28)30(26)39)36-15-13-35(14-16-36)23-8-4-3-5-9-23/h3-12,17-19,21H,2,13-16,20H2,1H3. The van der Waals surface area contributed by atoms with E-state index in [1.165, 1.54) is 12.3 Å². The number of nitrogens with zero attached hydrogens (tertiary/aromatic N) is 6. The number of hydrogen-bond acceptors (Lipinski definition) is 7. The lowest BCUT2D eigenvalue weighted by Crippen LogP contribution is -2.46. The van der Waals surface area contributed by atoms with Gasteiger partial charge >= 0.3 is 5.97 Å². The van der Waals surface area contributed by atoms with Gasteiger partial charge in [0.25, 0.3) is 0 Å². The molecule has 41 heavy (non-hydrogen) atoms. The second kappa shape index (κ2) is 11.2. The molecule has 0 radical (unpaired) electrons.